The van der Waals surface area contributed by atoms with E-state index in [9.17, 15) is 9.59 Å². The van der Waals surface area contributed by atoms with E-state index in [1.165, 1.54) is 11.1 Å². The molecule has 1 saturated carbocycles. The lowest BCUT2D eigenvalue weighted by Crippen LogP contribution is -2.18. The summed E-state index contributed by atoms with van der Waals surface area (Å²) in [6, 6.07) is 6.06. The summed E-state index contributed by atoms with van der Waals surface area (Å²) < 4.78 is 0. The van der Waals surface area contributed by atoms with E-state index >= 15 is 0 Å². The van der Waals surface area contributed by atoms with Gasteiger partial charge in [0.1, 0.15) is 5.78 Å². The fraction of sp³-hybridized carbons (Fsp3) is 0.524. The molecule has 0 atom stereocenters. The zero-order chi connectivity index (χ0) is 17.3. The number of amides is 1. The van der Waals surface area contributed by atoms with Gasteiger partial charge in [0, 0.05) is 18.4 Å². The highest BCUT2D eigenvalue weighted by atomic mass is 16.1. The van der Waals surface area contributed by atoms with Gasteiger partial charge in [-0.1, -0.05) is 32.1 Å². The SMILES string of the molecule is CC1(C)CC=C(c2cc(C3CCC(=O)CC3)ccc2C(N)=O)CC1. The van der Waals surface area contributed by atoms with E-state index in [1.807, 2.05) is 12.1 Å². The van der Waals surface area contributed by atoms with E-state index in [0.717, 1.165) is 37.7 Å². The van der Waals surface area contributed by atoms with Crippen molar-refractivity contribution in [3.63, 3.8) is 0 Å². The van der Waals surface area contributed by atoms with Crippen LogP contribution in [0, 0.1) is 5.41 Å². The molecule has 2 N–H and O–H groups in total. The molecule has 0 saturated heterocycles. The highest BCUT2D eigenvalue weighted by Crippen LogP contribution is 2.40. The van der Waals surface area contributed by atoms with Crippen molar-refractivity contribution in [2.24, 2.45) is 11.1 Å². The van der Waals surface area contributed by atoms with Crippen LogP contribution < -0.4 is 5.73 Å². The Balaban J connectivity index is 1.94. The average Bonchev–Trinajstić information content (AvgIpc) is 2.55. The zero-order valence-electron chi connectivity index (χ0n) is 14.7. The molecule has 3 rings (SSSR count). The third-order valence-corrected chi connectivity index (χ3v) is 5.64. The van der Waals surface area contributed by atoms with Crippen LogP contribution in [-0.2, 0) is 4.79 Å². The number of rotatable bonds is 3. The van der Waals surface area contributed by atoms with Gasteiger partial charge in [0.25, 0.3) is 0 Å². The molecule has 0 aliphatic heterocycles. The maximum absolute atomic E-state index is 11.9. The second-order valence-electron chi connectivity index (χ2n) is 8.08. The summed E-state index contributed by atoms with van der Waals surface area (Å²) in [5, 5.41) is 0. The van der Waals surface area contributed by atoms with E-state index in [2.05, 4.69) is 26.0 Å². The van der Waals surface area contributed by atoms with Crippen LogP contribution in [0.5, 0.6) is 0 Å². The lowest BCUT2D eigenvalue weighted by Gasteiger charge is -2.30. The minimum atomic E-state index is -0.360. The Hall–Kier alpha value is -1.90. The molecule has 1 fully saturated rings. The van der Waals surface area contributed by atoms with E-state index in [-0.39, 0.29) is 5.91 Å². The van der Waals surface area contributed by atoms with Crippen LogP contribution in [0.25, 0.3) is 5.57 Å². The van der Waals surface area contributed by atoms with Crippen molar-refractivity contribution in [2.75, 3.05) is 0 Å². The molecule has 0 radical (unpaired) electrons. The number of hydrogen-bond donors (Lipinski definition) is 1. The summed E-state index contributed by atoms with van der Waals surface area (Å²) in [5.74, 6) is 0.433. The summed E-state index contributed by atoms with van der Waals surface area (Å²) in [6.07, 6.45) is 8.60. The molecule has 1 aromatic carbocycles. The normalized spacial score (nSPS) is 21.4. The maximum atomic E-state index is 11.9. The van der Waals surface area contributed by atoms with E-state index in [0.29, 0.717) is 35.5 Å². The Bertz CT molecular complexity index is 690. The molecule has 128 valence electrons. The standard InChI is InChI=1S/C21H27NO2/c1-21(2)11-9-15(10-12-21)19-13-16(5-8-18(19)20(22)24)14-3-6-17(23)7-4-14/h5,8-9,13-14H,3-4,6-7,10-12H2,1-2H3,(H2,22,24). The Morgan fingerprint density at radius 3 is 2.46 bits per heavy atom. The third kappa shape index (κ3) is 3.61. The number of ketones is 1. The molecule has 1 aromatic rings. The predicted octanol–water partition coefficient (Wildman–Crippen LogP) is 4.61. The van der Waals surface area contributed by atoms with Crippen molar-refractivity contribution in [3.05, 3.63) is 41.0 Å². The van der Waals surface area contributed by atoms with E-state index in [4.69, 9.17) is 5.73 Å². The van der Waals surface area contributed by atoms with E-state index < -0.39 is 0 Å². The fourth-order valence-corrected chi connectivity index (χ4v) is 3.89. The number of allylic oxidation sites excluding steroid dienone is 2. The van der Waals surface area contributed by atoms with Crippen LogP contribution in [0.4, 0.5) is 0 Å². The van der Waals surface area contributed by atoms with Crippen LogP contribution >= 0.6 is 0 Å². The molecule has 1 amide bonds. The second kappa shape index (κ2) is 6.54. The van der Waals surface area contributed by atoms with Crippen LogP contribution in [0.1, 0.15) is 86.2 Å². The van der Waals surface area contributed by atoms with Crippen LogP contribution in [0.2, 0.25) is 0 Å². The number of hydrogen-bond acceptors (Lipinski definition) is 2. The van der Waals surface area contributed by atoms with Gasteiger partial charge in [-0.3, -0.25) is 9.59 Å². The van der Waals surface area contributed by atoms with Gasteiger partial charge < -0.3 is 5.73 Å². The molecule has 3 nitrogen and oxygen atoms in total. The molecule has 0 heterocycles. The predicted molar refractivity (Wildman–Crippen MR) is 96.8 cm³/mol. The first-order valence-corrected chi connectivity index (χ1v) is 9.00. The summed E-state index contributed by atoms with van der Waals surface area (Å²) in [6.45, 7) is 4.56. The Labute approximate surface area is 144 Å². The lowest BCUT2D eigenvalue weighted by atomic mass is 9.75. The summed E-state index contributed by atoms with van der Waals surface area (Å²) in [4.78, 5) is 23.4. The minimum absolute atomic E-state index is 0.331. The van der Waals surface area contributed by atoms with Crippen molar-refractivity contribution < 1.29 is 9.59 Å². The second-order valence-corrected chi connectivity index (χ2v) is 8.08. The Kier molecular flexibility index (Phi) is 4.62. The Morgan fingerprint density at radius 2 is 1.88 bits per heavy atom. The highest BCUT2D eigenvalue weighted by Gasteiger charge is 2.25. The molecule has 3 heteroatoms. The van der Waals surface area contributed by atoms with E-state index in [1.54, 1.807) is 0 Å². The number of primary amides is 1. The van der Waals surface area contributed by atoms with Gasteiger partial charge in [-0.2, -0.15) is 0 Å². The van der Waals surface area contributed by atoms with Gasteiger partial charge in [0.15, 0.2) is 0 Å². The molecule has 0 unspecified atom stereocenters. The number of nitrogens with two attached hydrogens (primary N) is 1. The molecule has 2 aliphatic rings. The van der Waals surface area contributed by atoms with Gasteiger partial charge in [-0.05, 0) is 66.2 Å². The van der Waals surface area contributed by atoms with Crippen LogP contribution in [0.15, 0.2) is 24.3 Å². The van der Waals surface area contributed by atoms with Gasteiger partial charge in [0.05, 0.1) is 0 Å². The molecule has 0 aromatic heterocycles. The summed E-state index contributed by atoms with van der Waals surface area (Å²) >= 11 is 0. The lowest BCUT2D eigenvalue weighted by molar-refractivity contribution is -0.120. The van der Waals surface area contributed by atoms with Gasteiger partial charge in [-0.15, -0.1) is 0 Å². The first kappa shape index (κ1) is 16.9. The molecular formula is C21H27NO2. The van der Waals surface area contributed by atoms with Crippen molar-refractivity contribution in [1.29, 1.82) is 0 Å². The number of benzene rings is 1. The zero-order valence-corrected chi connectivity index (χ0v) is 14.7. The maximum Gasteiger partial charge on any atom is 0.249 e. The molecule has 2 aliphatic carbocycles. The summed E-state index contributed by atoms with van der Waals surface area (Å²) in [5.41, 5.74) is 10.1. The smallest absolute Gasteiger partial charge is 0.249 e. The average molecular weight is 325 g/mol. The first-order chi connectivity index (χ1) is 11.4. The molecule has 0 bridgehead atoms. The topological polar surface area (TPSA) is 60.2 Å². The Morgan fingerprint density at radius 1 is 1.17 bits per heavy atom. The van der Waals surface area contributed by atoms with Gasteiger partial charge in [-0.25, -0.2) is 0 Å². The quantitative estimate of drug-likeness (QED) is 0.882. The fourth-order valence-electron chi connectivity index (χ4n) is 3.89. The van der Waals surface area contributed by atoms with Crippen molar-refractivity contribution in [1.82, 2.24) is 0 Å². The van der Waals surface area contributed by atoms with Crippen LogP contribution in [-0.4, -0.2) is 11.7 Å². The molecule has 24 heavy (non-hydrogen) atoms. The largest absolute Gasteiger partial charge is 0.366 e. The van der Waals surface area contributed by atoms with Crippen molar-refractivity contribution in [2.45, 2.75) is 64.7 Å². The minimum Gasteiger partial charge on any atom is -0.366 e. The van der Waals surface area contributed by atoms with Crippen molar-refractivity contribution in [3.8, 4) is 0 Å². The van der Waals surface area contributed by atoms with Gasteiger partial charge in [0.2, 0.25) is 5.91 Å². The third-order valence-electron chi connectivity index (χ3n) is 5.64. The van der Waals surface area contributed by atoms with Crippen LogP contribution in [0.3, 0.4) is 0 Å². The van der Waals surface area contributed by atoms with Gasteiger partial charge >= 0.3 is 0 Å². The highest BCUT2D eigenvalue weighted by molar-refractivity contribution is 5.98. The number of carbonyl (C=O) groups excluding carboxylic acids is 2. The molecular weight excluding hydrogens is 298 g/mol. The molecule has 0 spiro atoms. The monoisotopic (exact) mass is 325 g/mol. The number of Topliss-reactive ketones (excluding diaryl/α,β-unsaturated/α-hetero) is 1. The van der Waals surface area contributed by atoms with Crippen molar-refractivity contribution >= 4 is 17.3 Å². The summed E-state index contributed by atoms with van der Waals surface area (Å²) in [7, 11) is 0. The first-order valence-electron chi connectivity index (χ1n) is 9.00. The number of carbonyl (C=O) groups is 2.